The summed E-state index contributed by atoms with van der Waals surface area (Å²) in [6.07, 6.45) is 0.853. The van der Waals surface area contributed by atoms with Gasteiger partial charge in [-0.1, -0.05) is 42.5 Å². The number of fused-ring (bicyclic) bond motifs is 2. The summed E-state index contributed by atoms with van der Waals surface area (Å²) in [5.41, 5.74) is 2.24. The first kappa shape index (κ1) is 23.9. The maximum absolute atomic E-state index is 13.6. The van der Waals surface area contributed by atoms with Crippen molar-refractivity contribution in [1.82, 2.24) is 5.32 Å². The molecule has 0 saturated carbocycles. The van der Waals surface area contributed by atoms with E-state index in [0.29, 0.717) is 52.7 Å². The zero-order valence-corrected chi connectivity index (χ0v) is 20.1. The Hall–Kier alpha value is -3.29. The molecule has 0 aromatic heterocycles. The van der Waals surface area contributed by atoms with Gasteiger partial charge >= 0.3 is 0 Å². The van der Waals surface area contributed by atoms with Crippen LogP contribution in [0.1, 0.15) is 46.5 Å². The lowest BCUT2D eigenvalue weighted by Crippen LogP contribution is -2.31. The zero-order chi connectivity index (χ0) is 24.1. The van der Waals surface area contributed by atoms with Crippen molar-refractivity contribution in [3.63, 3.8) is 0 Å². The third-order valence-electron chi connectivity index (χ3n) is 5.52. The van der Waals surface area contributed by atoms with E-state index in [9.17, 15) is 13.8 Å². The highest BCUT2D eigenvalue weighted by molar-refractivity contribution is 7.85. The molecule has 3 aromatic rings. The molecule has 0 saturated heterocycles. The van der Waals surface area contributed by atoms with Crippen LogP contribution in [0.3, 0.4) is 0 Å². The van der Waals surface area contributed by atoms with Gasteiger partial charge in [-0.3, -0.25) is 9.59 Å². The van der Waals surface area contributed by atoms with E-state index < -0.39 is 10.8 Å². The van der Waals surface area contributed by atoms with E-state index in [1.165, 1.54) is 0 Å². The minimum atomic E-state index is -1.55. The van der Waals surface area contributed by atoms with Gasteiger partial charge in [0.25, 0.3) is 11.8 Å². The van der Waals surface area contributed by atoms with Crippen molar-refractivity contribution in [3.8, 4) is 0 Å². The van der Waals surface area contributed by atoms with Crippen LogP contribution >= 0.6 is 0 Å². The molecule has 176 valence electrons. The van der Waals surface area contributed by atoms with Gasteiger partial charge in [0.1, 0.15) is 0 Å². The van der Waals surface area contributed by atoms with Gasteiger partial charge in [0.05, 0.1) is 44.5 Å². The van der Waals surface area contributed by atoms with Crippen LogP contribution in [-0.2, 0) is 22.1 Å². The van der Waals surface area contributed by atoms with Crippen molar-refractivity contribution in [3.05, 3.63) is 89.5 Å². The number of benzene rings is 3. The molecule has 1 aliphatic rings. The molecular formula is C27H28N2O4S. The van der Waals surface area contributed by atoms with Crippen LogP contribution < -0.4 is 10.2 Å². The highest BCUT2D eigenvalue weighted by Gasteiger charge is 2.31. The number of carbonyl (C=O) groups is 2. The van der Waals surface area contributed by atoms with E-state index >= 15 is 0 Å². The second-order valence-electron chi connectivity index (χ2n) is 8.35. The van der Waals surface area contributed by atoms with Crippen LogP contribution in [0.25, 0.3) is 0 Å². The van der Waals surface area contributed by atoms with Gasteiger partial charge in [-0.05, 0) is 56.2 Å². The van der Waals surface area contributed by atoms with Crippen LogP contribution in [0.4, 0.5) is 5.69 Å². The van der Waals surface area contributed by atoms with E-state index in [-0.39, 0.29) is 17.9 Å². The molecule has 4 rings (SSSR count). The summed E-state index contributed by atoms with van der Waals surface area (Å²) in [6.45, 7) is 5.29. The second-order valence-corrected chi connectivity index (χ2v) is 9.77. The van der Waals surface area contributed by atoms with Crippen LogP contribution in [0.15, 0.2) is 82.6 Å². The van der Waals surface area contributed by atoms with Crippen molar-refractivity contribution in [2.45, 2.75) is 42.7 Å². The topological polar surface area (TPSA) is 75.7 Å². The van der Waals surface area contributed by atoms with Crippen molar-refractivity contribution >= 4 is 28.3 Å². The number of rotatable bonds is 8. The lowest BCUT2D eigenvalue weighted by atomic mass is 10.1. The Bertz CT molecular complexity index is 1210. The van der Waals surface area contributed by atoms with Crippen LogP contribution in [0, 0.1) is 0 Å². The van der Waals surface area contributed by atoms with Gasteiger partial charge in [-0.2, -0.15) is 0 Å². The molecule has 0 spiro atoms. The molecule has 2 amide bonds. The van der Waals surface area contributed by atoms with Crippen LogP contribution in [0.2, 0.25) is 0 Å². The van der Waals surface area contributed by atoms with E-state index in [4.69, 9.17) is 4.74 Å². The first-order chi connectivity index (χ1) is 16.5. The minimum absolute atomic E-state index is 0.151. The predicted octanol–water partition coefficient (Wildman–Crippen LogP) is 4.56. The standard InChI is InChI=1S/C27H28N2O4S/c1-19(2)33-16-8-15-28-26(30)21-13-14-25-23(17-21)29(18-20-9-4-3-5-10-20)27(31)22-11-6-7-12-24(22)34(25)32/h3-7,9-14,17,19H,8,15-16,18H2,1-2H3,(H,28,30)/t34-/m1/s1. The van der Waals surface area contributed by atoms with Crippen molar-refractivity contribution in [1.29, 1.82) is 0 Å². The Morgan fingerprint density at radius 1 is 1.00 bits per heavy atom. The first-order valence-electron chi connectivity index (χ1n) is 11.4. The molecule has 1 heterocycles. The van der Waals surface area contributed by atoms with E-state index in [0.717, 1.165) is 5.56 Å². The van der Waals surface area contributed by atoms with Gasteiger partial charge in [0.2, 0.25) is 0 Å². The number of amides is 2. The SMILES string of the molecule is CC(C)OCCCNC(=O)c1ccc2c(c1)N(Cc1ccccc1)C(=O)c1ccccc1[S@]2=O. The van der Waals surface area contributed by atoms with Gasteiger partial charge in [0.15, 0.2) is 0 Å². The van der Waals surface area contributed by atoms with Crippen molar-refractivity contribution < 1.29 is 18.5 Å². The molecular weight excluding hydrogens is 448 g/mol. The molecule has 1 atom stereocenters. The monoisotopic (exact) mass is 476 g/mol. The van der Waals surface area contributed by atoms with E-state index in [1.807, 2.05) is 44.2 Å². The molecule has 1 N–H and O–H groups in total. The number of carbonyl (C=O) groups excluding carboxylic acids is 2. The average molecular weight is 477 g/mol. The summed E-state index contributed by atoms with van der Waals surface area (Å²) >= 11 is 0. The van der Waals surface area contributed by atoms with Gasteiger partial charge in [0, 0.05) is 18.7 Å². The number of nitrogens with one attached hydrogen (secondary N) is 1. The Balaban J connectivity index is 1.66. The van der Waals surface area contributed by atoms with Crippen molar-refractivity contribution in [2.24, 2.45) is 0 Å². The smallest absolute Gasteiger partial charge is 0.259 e. The van der Waals surface area contributed by atoms with Gasteiger partial charge in [-0.25, -0.2) is 4.21 Å². The summed E-state index contributed by atoms with van der Waals surface area (Å²) in [5.74, 6) is -0.484. The number of hydrogen-bond acceptors (Lipinski definition) is 4. The lowest BCUT2D eigenvalue weighted by Gasteiger charge is -2.23. The molecule has 0 radical (unpaired) electrons. The number of anilines is 1. The highest BCUT2D eigenvalue weighted by atomic mass is 32.2. The van der Waals surface area contributed by atoms with Crippen LogP contribution in [-0.4, -0.2) is 35.3 Å². The maximum atomic E-state index is 13.6. The van der Waals surface area contributed by atoms with Crippen molar-refractivity contribution in [2.75, 3.05) is 18.1 Å². The molecule has 1 aliphatic heterocycles. The third-order valence-corrected chi connectivity index (χ3v) is 7.02. The molecule has 0 unspecified atom stereocenters. The molecule has 0 bridgehead atoms. The molecule has 34 heavy (non-hydrogen) atoms. The molecule has 7 heteroatoms. The summed E-state index contributed by atoms with van der Waals surface area (Å²) in [4.78, 5) is 29.0. The fraction of sp³-hybridized carbons (Fsp3) is 0.259. The molecule has 0 fully saturated rings. The molecule has 0 aliphatic carbocycles. The number of ether oxygens (including phenoxy) is 1. The second kappa shape index (κ2) is 10.8. The maximum Gasteiger partial charge on any atom is 0.259 e. The Kier molecular flexibility index (Phi) is 7.55. The number of nitrogens with zero attached hydrogens (tertiary/aromatic N) is 1. The fourth-order valence-corrected chi connectivity index (χ4v) is 5.17. The highest BCUT2D eigenvalue weighted by Crippen LogP contribution is 2.36. The molecule has 6 nitrogen and oxygen atoms in total. The summed E-state index contributed by atoms with van der Waals surface area (Å²) in [5, 5.41) is 2.90. The fourth-order valence-electron chi connectivity index (χ4n) is 3.82. The Labute approximate surface area is 202 Å². The van der Waals surface area contributed by atoms with E-state index in [1.54, 1.807) is 47.4 Å². The first-order valence-corrected chi connectivity index (χ1v) is 12.5. The third kappa shape index (κ3) is 5.26. The normalized spacial score (nSPS) is 15.0. The largest absolute Gasteiger partial charge is 0.379 e. The van der Waals surface area contributed by atoms with Crippen LogP contribution in [0.5, 0.6) is 0 Å². The Morgan fingerprint density at radius 2 is 1.74 bits per heavy atom. The predicted molar refractivity (Wildman–Crippen MR) is 133 cm³/mol. The lowest BCUT2D eigenvalue weighted by molar-refractivity contribution is 0.0757. The Morgan fingerprint density at radius 3 is 2.50 bits per heavy atom. The van der Waals surface area contributed by atoms with E-state index in [2.05, 4.69) is 5.32 Å². The number of hydrogen-bond donors (Lipinski definition) is 1. The summed E-state index contributed by atoms with van der Waals surface area (Å²) in [7, 11) is -1.55. The minimum Gasteiger partial charge on any atom is -0.379 e. The zero-order valence-electron chi connectivity index (χ0n) is 19.3. The summed E-state index contributed by atoms with van der Waals surface area (Å²) < 4.78 is 19.0. The quantitative estimate of drug-likeness (QED) is 0.484. The summed E-state index contributed by atoms with van der Waals surface area (Å²) in [6, 6.07) is 21.6. The molecule has 3 aromatic carbocycles. The van der Waals surface area contributed by atoms with Gasteiger partial charge < -0.3 is 15.0 Å². The average Bonchev–Trinajstić information content (AvgIpc) is 2.93. The van der Waals surface area contributed by atoms with Gasteiger partial charge in [-0.15, -0.1) is 0 Å².